The summed E-state index contributed by atoms with van der Waals surface area (Å²) in [5.41, 5.74) is 0.615. The maximum Gasteiger partial charge on any atom is 0.174 e. The van der Waals surface area contributed by atoms with Gasteiger partial charge in [-0.2, -0.15) is 0 Å². The predicted molar refractivity (Wildman–Crippen MR) is 91.4 cm³/mol. The highest BCUT2D eigenvalue weighted by atomic mass is 16.7. The van der Waals surface area contributed by atoms with E-state index in [1.54, 1.807) is 0 Å². The molecular formula is C21H32O3. The third kappa shape index (κ3) is 1.84. The number of ketones is 1. The molecule has 0 aromatic rings. The van der Waals surface area contributed by atoms with Gasteiger partial charge in [0.2, 0.25) is 0 Å². The Bertz CT molecular complexity index is 551. The summed E-state index contributed by atoms with van der Waals surface area (Å²) in [4.78, 5) is 12.0. The first-order valence-corrected chi connectivity index (χ1v) is 10.3. The van der Waals surface area contributed by atoms with E-state index in [-0.39, 0.29) is 11.2 Å². The van der Waals surface area contributed by atoms with Gasteiger partial charge in [-0.1, -0.05) is 13.8 Å². The molecule has 0 N–H and O–H groups in total. The van der Waals surface area contributed by atoms with Gasteiger partial charge in [0.25, 0.3) is 0 Å². The number of hydrogen-bond acceptors (Lipinski definition) is 3. The number of hydrogen-bond donors (Lipinski definition) is 0. The highest BCUT2D eigenvalue weighted by Gasteiger charge is 2.67. The molecule has 0 radical (unpaired) electrons. The van der Waals surface area contributed by atoms with Crippen LogP contribution in [0.5, 0.6) is 0 Å². The zero-order valence-electron chi connectivity index (χ0n) is 15.3. The topological polar surface area (TPSA) is 35.5 Å². The summed E-state index contributed by atoms with van der Waals surface area (Å²) in [6.45, 7) is 6.54. The summed E-state index contributed by atoms with van der Waals surface area (Å²) in [6.07, 6.45) is 10.3. The molecule has 0 bridgehead atoms. The van der Waals surface area contributed by atoms with E-state index in [2.05, 4.69) is 13.8 Å². The fourth-order valence-electron chi connectivity index (χ4n) is 7.93. The number of carbonyl (C=O) groups excluding carboxylic acids is 1. The van der Waals surface area contributed by atoms with Gasteiger partial charge < -0.3 is 9.47 Å². The third-order valence-electron chi connectivity index (χ3n) is 9.28. The lowest BCUT2D eigenvalue weighted by atomic mass is 9.45. The van der Waals surface area contributed by atoms with E-state index in [1.165, 1.54) is 32.1 Å². The van der Waals surface area contributed by atoms with Crippen LogP contribution in [0.15, 0.2) is 0 Å². The van der Waals surface area contributed by atoms with Gasteiger partial charge in [-0.05, 0) is 67.6 Å². The Morgan fingerprint density at radius 2 is 1.67 bits per heavy atom. The van der Waals surface area contributed by atoms with Crippen LogP contribution in [0, 0.1) is 34.5 Å². The summed E-state index contributed by atoms with van der Waals surface area (Å²) < 4.78 is 12.5. The molecule has 0 aromatic carbocycles. The molecule has 134 valence electrons. The van der Waals surface area contributed by atoms with Crippen molar-refractivity contribution >= 4 is 5.78 Å². The van der Waals surface area contributed by atoms with Crippen molar-refractivity contribution in [1.29, 1.82) is 0 Å². The van der Waals surface area contributed by atoms with Gasteiger partial charge in [0.15, 0.2) is 5.79 Å². The maximum atomic E-state index is 12.0. The normalized spacial score (nSPS) is 52.8. The van der Waals surface area contributed by atoms with E-state index in [0.29, 0.717) is 17.1 Å². The number of rotatable bonds is 0. The van der Waals surface area contributed by atoms with E-state index in [1.807, 2.05) is 0 Å². The molecule has 1 aliphatic heterocycles. The molecule has 1 spiro atoms. The summed E-state index contributed by atoms with van der Waals surface area (Å²) in [5.74, 6) is 3.29. The molecule has 0 amide bonds. The van der Waals surface area contributed by atoms with Crippen molar-refractivity contribution in [2.45, 2.75) is 77.4 Å². The van der Waals surface area contributed by atoms with Gasteiger partial charge in [0, 0.05) is 24.7 Å². The Morgan fingerprint density at radius 3 is 2.46 bits per heavy atom. The molecule has 5 fully saturated rings. The largest absolute Gasteiger partial charge is 0.347 e. The van der Waals surface area contributed by atoms with Gasteiger partial charge in [-0.25, -0.2) is 0 Å². The smallest absolute Gasteiger partial charge is 0.174 e. The first-order valence-electron chi connectivity index (χ1n) is 10.3. The van der Waals surface area contributed by atoms with Crippen LogP contribution >= 0.6 is 0 Å². The summed E-state index contributed by atoms with van der Waals surface area (Å²) in [5, 5.41) is 0. The molecule has 24 heavy (non-hydrogen) atoms. The number of ether oxygens (including phenoxy) is 2. The van der Waals surface area contributed by atoms with Crippen LogP contribution in [0.3, 0.4) is 0 Å². The zero-order chi connectivity index (χ0) is 16.6. The van der Waals surface area contributed by atoms with E-state index in [9.17, 15) is 4.79 Å². The van der Waals surface area contributed by atoms with Crippen molar-refractivity contribution in [2.75, 3.05) is 13.2 Å². The fourth-order valence-corrected chi connectivity index (χ4v) is 7.93. The van der Waals surface area contributed by atoms with Gasteiger partial charge in [-0.3, -0.25) is 4.79 Å². The standard InChI is InChI=1S/C21H32O3/c1-19-8-5-15(22)13-14(19)3-4-16-17(19)6-9-20(2)18(16)7-10-21(20)23-11-12-24-21/h14,16-18H,3-13H2,1-2H3/t14?,16-,17+,18+,19+,20+/m1/s1. The highest BCUT2D eigenvalue weighted by Crippen LogP contribution is 2.69. The van der Waals surface area contributed by atoms with Crippen molar-refractivity contribution in [3.05, 3.63) is 0 Å². The Kier molecular flexibility index (Phi) is 3.34. The van der Waals surface area contributed by atoms with Crippen molar-refractivity contribution in [1.82, 2.24) is 0 Å². The minimum Gasteiger partial charge on any atom is -0.347 e. The second kappa shape index (κ2) is 5.07. The summed E-state index contributed by atoms with van der Waals surface area (Å²) in [7, 11) is 0. The Hall–Kier alpha value is -0.410. The highest BCUT2D eigenvalue weighted by molar-refractivity contribution is 5.79. The molecule has 1 saturated heterocycles. The average Bonchev–Trinajstić information content (AvgIpc) is 3.15. The SMILES string of the molecule is C[C@]12CCC(=O)CC1CC[C@@H]1[C@@H]2CC[C@@]2(C)[C@H]1CCC21OCCO1. The van der Waals surface area contributed by atoms with E-state index in [0.717, 1.165) is 56.7 Å². The zero-order valence-corrected chi connectivity index (χ0v) is 15.3. The lowest BCUT2D eigenvalue weighted by Gasteiger charge is -2.60. The molecule has 5 aliphatic rings. The second-order valence-corrected chi connectivity index (χ2v) is 9.84. The number of fused-ring (bicyclic) bond motifs is 6. The van der Waals surface area contributed by atoms with Crippen molar-refractivity contribution < 1.29 is 14.3 Å². The number of Topliss-reactive ketones (excluding diaryl/α,β-unsaturated/α-hetero) is 1. The Morgan fingerprint density at radius 1 is 0.917 bits per heavy atom. The van der Waals surface area contributed by atoms with Crippen LogP contribution in [0.2, 0.25) is 0 Å². The van der Waals surface area contributed by atoms with Crippen LogP contribution in [0.1, 0.15) is 71.6 Å². The predicted octanol–water partition coefficient (Wildman–Crippen LogP) is 4.34. The van der Waals surface area contributed by atoms with Gasteiger partial charge in [-0.15, -0.1) is 0 Å². The second-order valence-electron chi connectivity index (χ2n) is 9.84. The third-order valence-corrected chi connectivity index (χ3v) is 9.28. The monoisotopic (exact) mass is 332 g/mol. The molecule has 4 saturated carbocycles. The molecule has 3 nitrogen and oxygen atoms in total. The molecule has 0 aromatic heterocycles. The van der Waals surface area contributed by atoms with Gasteiger partial charge >= 0.3 is 0 Å². The molecule has 3 heteroatoms. The van der Waals surface area contributed by atoms with Crippen molar-refractivity contribution in [2.24, 2.45) is 34.5 Å². The molecule has 4 aliphatic carbocycles. The molecular weight excluding hydrogens is 300 g/mol. The van der Waals surface area contributed by atoms with Gasteiger partial charge in [0.05, 0.1) is 13.2 Å². The molecule has 6 atom stereocenters. The van der Waals surface area contributed by atoms with Crippen LogP contribution in [0.25, 0.3) is 0 Å². The minimum absolute atomic E-state index is 0.207. The average molecular weight is 332 g/mol. The fraction of sp³-hybridized carbons (Fsp3) is 0.952. The summed E-state index contributed by atoms with van der Waals surface area (Å²) in [6, 6.07) is 0. The van der Waals surface area contributed by atoms with Gasteiger partial charge in [0.1, 0.15) is 5.78 Å². The Labute approximate surface area is 145 Å². The first kappa shape index (κ1) is 15.8. The van der Waals surface area contributed by atoms with E-state index >= 15 is 0 Å². The molecule has 1 heterocycles. The van der Waals surface area contributed by atoms with Crippen LogP contribution in [-0.2, 0) is 14.3 Å². The maximum absolute atomic E-state index is 12.0. The molecule has 5 rings (SSSR count). The number of carbonyl (C=O) groups is 1. The molecule has 1 unspecified atom stereocenters. The Balaban J connectivity index is 1.46. The lowest BCUT2D eigenvalue weighted by Crippen LogP contribution is -2.56. The minimum atomic E-state index is -0.275. The van der Waals surface area contributed by atoms with Crippen molar-refractivity contribution in [3.63, 3.8) is 0 Å². The van der Waals surface area contributed by atoms with Crippen LogP contribution in [0.4, 0.5) is 0 Å². The lowest BCUT2D eigenvalue weighted by molar-refractivity contribution is -0.246. The van der Waals surface area contributed by atoms with Crippen LogP contribution in [-0.4, -0.2) is 24.8 Å². The quantitative estimate of drug-likeness (QED) is 0.662. The van der Waals surface area contributed by atoms with Crippen molar-refractivity contribution in [3.8, 4) is 0 Å². The van der Waals surface area contributed by atoms with Crippen LogP contribution < -0.4 is 0 Å². The summed E-state index contributed by atoms with van der Waals surface area (Å²) >= 11 is 0. The van der Waals surface area contributed by atoms with E-state index in [4.69, 9.17) is 9.47 Å². The first-order chi connectivity index (χ1) is 11.5. The van der Waals surface area contributed by atoms with E-state index < -0.39 is 0 Å².